The Labute approximate surface area is 224 Å². The first-order valence-corrected chi connectivity index (χ1v) is 13.0. The van der Waals surface area contributed by atoms with Crippen LogP contribution in [0.3, 0.4) is 0 Å². The Balaban J connectivity index is 1.39. The number of nitrogens with one attached hydrogen (secondary N) is 1. The molecule has 2 aromatic carbocycles. The average Bonchev–Trinajstić information content (AvgIpc) is 3.40. The lowest BCUT2D eigenvalue weighted by Crippen LogP contribution is -2.45. The van der Waals surface area contributed by atoms with Gasteiger partial charge < -0.3 is 15.1 Å². The fraction of sp³-hybridized carbons (Fsp3) is 0.333. The Bertz CT molecular complexity index is 1430. The minimum atomic E-state index is -0.155. The molecule has 0 radical (unpaired) electrons. The standard InChI is InChI=1S/C30H35N7O/c1-21-8-9-22(17-25(21)27-20-37(34-33-27)24-7-6-12-31-19-24)29(38)32-23-10-11-28(26(18-23)30(2,3)4)36-15-13-35(5)14-16-36/h6-12,17-20H,13-16H2,1-5H3,(H,32,38). The van der Waals surface area contributed by atoms with Crippen molar-refractivity contribution < 1.29 is 4.79 Å². The molecule has 196 valence electrons. The maximum absolute atomic E-state index is 13.3. The van der Waals surface area contributed by atoms with E-state index in [-0.39, 0.29) is 11.3 Å². The first-order chi connectivity index (χ1) is 18.2. The van der Waals surface area contributed by atoms with Crippen LogP contribution in [0, 0.1) is 6.92 Å². The van der Waals surface area contributed by atoms with Crippen LogP contribution >= 0.6 is 0 Å². The molecule has 1 aliphatic rings. The molecule has 0 spiro atoms. The van der Waals surface area contributed by atoms with Gasteiger partial charge in [0.2, 0.25) is 0 Å². The third kappa shape index (κ3) is 5.45. The Morgan fingerprint density at radius 2 is 1.79 bits per heavy atom. The predicted octanol–water partition coefficient (Wildman–Crippen LogP) is 4.94. The molecular weight excluding hydrogens is 474 g/mol. The Morgan fingerprint density at radius 3 is 2.50 bits per heavy atom. The lowest BCUT2D eigenvalue weighted by Gasteiger charge is -2.37. The monoisotopic (exact) mass is 509 g/mol. The van der Waals surface area contributed by atoms with E-state index in [4.69, 9.17) is 0 Å². The number of nitrogens with zero attached hydrogens (tertiary/aromatic N) is 6. The van der Waals surface area contributed by atoms with Crippen LogP contribution < -0.4 is 10.2 Å². The highest BCUT2D eigenvalue weighted by Crippen LogP contribution is 2.35. The van der Waals surface area contributed by atoms with Crippen molar-refractivity contribution in [3.63, 3.8) is 0 Å². The van der Waals surface area contributed by atoms with Gasteiger partial charge in [0.1, 0.15) is 5.69 Å². The van der Waals surface area contributed by atoms with E-state index in [0.29, 0.717) is 11.3 Å². The van der Waals surface area contributed by atoms with Gasteiger partial charge in [-0.15, -0.1) is 5.10 Å². The molecule has 3 heterocycles. The maximum atomic E-state index is 13.3. The number of piperazine rings is 1. The summed E-state index contributed by atoms with van der Waals surface area (Å²) in [6.45, 7) is 12.8. The Kier molecular flexibility index (Phi) is 6.99. The molecule has 0 aliphatic carbocycles. The molecule has 1 N–H and O–H groups in total. The van der Waals surface area contributed by atoms with Crippen LogP contribution in [0.4, 0.5) is 11.4 Å². The molecule has 2 aromatic heterocycles. The molecule has 0 unspecified atom stereocenters. The van der Waals surface area contributed by atoms with Crippen molar-refractivity contribution in [1.82, 2.24) is 24.9 Å². The number of aromatic nitrogens is 4. The number of amides is 1. The van der Waals surface area contributed by atoms with Crippen molar-refractivity contribution in [3.05, 3.63) is 83.8 Å². The van der Waals surface area contributed by atoms with Crippen LogP contribution in [0.1, 0.15) is 42.3 Å². The van der Waals surface area contributed by atoms with Crippen LogP contribution in [-0.2, 0) is 5.41 Å². The van der Waals surface area contributed by atoms with Crippen molar-refractivity contribution in [2.75, 3.05) is 43.4 Å². The van der Waals surface area contributed by atoms with Crippen molar-refractivity contribution in [1.29, 1.82) is 0 Å². The molecule has 8 heteroatoms. The molecule has 0 atom stereocenters. The zero-order valence-electron chi connectivity index (χ0n) is 22.8. The van der Waals surface area contributed by atoms with E-state index < -0.39 is 0 Å². The van der Waals surface area contributed by atoms with Crippen LogP contribution in [0.25, 0.3) is 16.9 Å². The fourth-order valence-corrected chi connectivity index (χ4v) is 4.78. The molecule has 0 bridgehead atoms. The maximum Gasteiger partial charge on any atom is 0.255 e. The summed E-state index contributed by atoms with van der Waals surface area (Å²) in [5.41, 5.74) is 7.20. The predicted molar refractivity (Wildman–Crippen MR) is 152 cm³/mol. The number of pyridine rings is 1. The van der Waals surface area contributed by atoms with E-state index in [0.717, 1.165) is 48.7 Å². The molecule has 1 aliphatic heterocycles. The fourth-order valence-electron chi connectivity index (χ4n) is 4.78. The summed E-state index contributed by atoms with van der Waals surface area (Å²) in [7, 11) is 2.17. The third-order valence-electron chi connectivity index (χ3n) is 7.09. The third-order valence-corrected chi connectivity index (χ3v) is 7.09. The highest BCUT2D eigenvalue weighted by Gasteiger charge is 2.24. The number of hydrogen-bond acceptors (Lipinski definition) is 6. The summed E-state index contributed by atoms with van der Waals surface area (Å²) in [4.78, 5) is 22.3. The summed E-state index contributed by atoms with van der Waals surface area (Å²) >= 11 is 0. The van der Waals surface area contributed by atoms with Gasteiger partial charge in [0.05, 0.1) is 18.1 Å². The minimum absolute atomic E-state index is 0.0590. The summed E-state index contributed by atoms with van der Waals surface area (Å²) < 4.78 is 1.68. The second-order valence-electron chi connectivity index (χ2n) is 11.0. The normalized spacial score (nSPS) is 14.5. The molecule has 1 saturated heterocycles. The molecule has 4 aromatic rings. The van der Waals surface area contributed by atoms with E-state index in [1.165, 1.54) is 11.3 Å². The molecule has 0 saturated carbocycles. The summed E-state index contributed by atoms with van der Waals surface area (Å²) in [6, 6.07) is 15.7. The van der Waals surface area contributed by atoms with Gasteiger partial charge in [0, 0.05) is 54.9 Å². The van der Waals surface area contributed by atoms with Crippen molar-refractivity contribution in [3.8, 4) is 16.9 Å². The lowest BCUT2D eigenvalue weighted by atomic mass is 9.85. The number of aryl methyl sites for hydroxylation is 1. The van der Waals surface area contributed by atoms with E-state index in [9.17, 15) is 4.79 Å². The summed E-state index contributed by atoms with van der Waals surface area (Å²) in [5, 5.41) is 11.7. The minimum Gasteiger partial charge on any atom is -0.369 e. The highest BCUT2D eigenvalue weighted by atomic mass is 16.1. The number of hydrogen-bond donors (Lipinski definition) is 1. The van der Waals surface area contributed by atoms with Gasteiger partial charge in [0.15, 0.2) is 0 Å². The van der Waals surface area contributed by atoms with Gasteiger partial charge in [-0.05, 0) is 73.0 Å². The van der Waals surface area contributed by atoms with E-state index in [1.807, 2.05) is 49.5 Å². The molecule has 1 fully saturated rings. The van der Waals surface area contributed by atoms with E-state index >= 15 is 0 Å². The van der Waals surface area contributed by atoms with Crippen molar-refractivity contribution >= 4 is 17.3 Å². The largest absolute Gasteiger partial charge is 0.369 e. The lowest BCUT2D eigenvalue weighted by molar-refractivity contribution is 0.102. The number of likely N-dealkylation sites (N-methyl/N-ethyl adjacent to an activating group) is 1. The average molecular weight is 510 g/mol. The van der Waals surface area contributed by atoms with Gasteiger partial charge in [-0.25, -0.2) is 4.68 Å². The van der Waals surface area contributed by atoms with Crippen LogP contribution in [0.15, 0.2) is 67.1 Å². The molecule has 38 heavy (non-hydrogen) atoms. The Morgan fingerprint density at radius 1 is 1.00 bits per heavy atom. The summed E-state index contributed by atoms with van der Waals surface area (Å²) in [6.07, 6.45) is 5.31. The highest BCUT2D eigenvalue weighted by molar-refractivity contribution is 6.05. The van der Waals surface area contributed by atoms with Crippen LogP contribution in [-0.4, -0.2) is 64.0 Å². The Hall–Kier alpha value is -4.04. The first kappa shape index (κ1) is 25.6. The number of benzene rings is 2. The molecule has 5 rings (SSSR count). The number of carbonyl (C=O) groups is 1. The zero-order chi connectivity index (χ0) is 26.9. The van der Waals surface area contributed by atoms with Crippen molar-refractivity contribution in [2.24, 2.45) is 0 Å². The van der Waals surface area contributed by atoms with Gasteiger partial charge >= 0.3 is 0 Å². The molecule has 1 amide bonds. The van der Waals surface area contributed by atoms with E-state index in [1.54, 1.807) is 17.1 Å². The topological polar surface area (TPSA) is 79.2 Å². The molecule has 8 nitrogen and oxygen atoms in total. The van der Waals surface area contributed by atoms with Crippen molar-refractivity contribution in [2.45, 2.75) is 33.1 Å². The van der Waals surface area contributed by atoms with Gasteiger partial charge in [-0.2, -0.15) is 0 Å². The quantitative estimate of drug-likeness (QED) is 0.411. The van der Waals surface area contributed by atoms with Gasteiger partial charge in [-0.1, -0.05) is 32.1 Å². The SMILES string of the molecule is Cc1ccc(C(=O)Nc2ccc(N3CCN(C)CC3)c(C(C)(C)C)c2)cc1-c1cn(-c2cccnc2)nn1. The number of rotatable bonds is 5. The smallest absolute Gasteiger partial charge is 0.255 e. The second-order valence-corrected chi connectivity index (χ2v) is 11.0. The van der Waals surface area contributed by atoms with Crippen LogP contribution in [0.2, 0.25) is 0 Å². The van der Waals surface area contributed by atoms with E-state index in [2.05, 4.69) is 70.4 Å². The van der Waals surface area contributed by atoms with Gasteiger partial charge in [0.25, 0.3) is 5.91 Å². The second kappa shape index (κ2) is 10.4. The van der Waals surface area contributed by atoms with Gasteiger partial charge in [-0.3, -0.25) is 9.78 Å². The number of carbonyl (C=O) groups excluding carboxylic acids is 1. The summed E-state index contributed by atoms with van der Waals surface area (Å²) in [5.74, 6) is -0.155. The first-order valence-electron chi connectivity index (χ1n) is 13.0. The van der Waals surface area contributed by atoms with Crippen LogP contribution in [0.5, 0.6) is 0 Å². The zero-order valence-corrected chi connectivity index (χ0v) is 22.8. The molecular formula is C30H35N7O. The number of anilines is 2.